The van der Waals surface area contributed by atoms with Gasteiger partial charge >= 0.3 is 0 Å². The average Bonchev–Trinajstić information content (AvgIpc) is 2.60. The van der Waals surface area contributed by atoms with Gasteiger partial charge in [0.05, 0.1) is 39.6 Å². The van der Waals surface area contributed by atoms with E-state index in [-0.39, 0.29) is 0 Å². The lowest BCUT2D eigenvalue weighted by Gasteiger charge is -2.07. The van der Waals surface area contributed by atoms with Crippen LogP contribution >= 0.6 is 12.6 Å². The maximum Gasteiger partial charge on any atom is 0.0701 e. The second-order valence-corrected chi connectivity index (χ2v) is 6.30. The molecule has 0 N–H and O–H groups in total. The summed E-state index contributed by atoms with van der Waals surface area (Å²) in [5, 5.41) is 0. The number of thiol groups is 1. The van der Waals surface area contributed by atoms with Crippen LogP contribution in [0.25, 0.3) is 0 Å². The molecule has 145 valence electrons. The highest BCUT2D eigenvalue weighted by molar-refractivity contribution is 7.80. The molecule has 24 heavy (non-hydrogen) atoms. The van der Waals surface area contributed by atoms with Crippen molar-refractivity contribution in [1.29, 1.82) is 0 Å². The van der Waals surface area contributed by atoms with E-state index in [1.807, 2.05) is 0 Å². The van der Waals surface area contributed by atoms with E-state index in [1.54, 1.807) is 0 Å². The van der Waals surface area contributed by atoms with Crippen molar-refractivity contribution in [3.05, 3.63) is 6.92 Å². The molecule has 0 aromatic heterocycles. The Bertz CT molecular complexity index is 196. The Morgan fingerprint density at radius 3 is 1.29 bits per heavy atom. The van der Waals surface area contributed by atoms with Gasteiger partial charge in [-0.05, 0) is 25.5 Å². The van der Waals surface area contributed by atoms with E-state index in [0.717, 1.165) is 18.8 Å². The van der Waals surface area contributed by atoms with E-state index < -0.39 is 0 Å². The van der Waals surface area contributed by atoms with Crippen LogP contribution in [0.1, 0.15) is 57.8 Å². The highest BCUT2D eigenvalue weighted by Gasteiger charge is 1.94. The van der Waals surface area contributed by atoms with E-state index in [4.69, 9.17) is 18.9 Å². The molecular formula is C19H39O4S. The standard InChI is InChI=1S/C19H39O4S/c1-2-20-13-14-22-17-18-23-16-15-21-12-10-8-6-4-3-5-7-9-11-19-24/h24H,1-19H2. The van der Waals surface area contributed by atoms with Crippen molar-refractivity contribution < 1.29 is 18.9 Å². The molecule has 0 amide bonds. The first-order valence-corrected chi connectivity index (χ1v) is 10.3. The van der Waals surface area contributed by atoms with Gasteiger partial charge in [0, 0.05) is 13.2 Å². The maximum atomic E-state index is 5.57. The van der Waals surface area contributed by atoms with Gasteiger partial charge in [-0.25, -0.2) is 0 Å². The van der Waals surface area contributed by atoms with Gasteiger partial charge in [-0.2, -0.15) is 12.6 Å². The van der Waals surface area contributed by atoms with Gasteiger partial charge in [0.1, 0.15) is 0 Å². The van der Waals surface area contributed by atoms with Crippen LogP contribution in [0.15, 0.2) is 0 Å². The number of hydrogen-bond donors (Lipinski definition) is 1. The van der Waals surface area contributed by atoms with Crippen LogP contribution < -0.4 is 0 Å². The summed E-state index contributed by atoms with van der Waals surface area (Å²) in [5.74, 6) is 1.03. The van der Waals surface area contributed by atoms with Crippen molar-refractivity contribution in [3.8, 4) is 0 Å². The topological polar surface area (TPSA) is 36.9 Å². The van der Waals surface area contributed by atoms with E-state index in [9.17, 15) is 0 Å². The average molecular weight is 364 g/mol. The van der Waals surface area contributed by atoms with Gasteiger partial charge < -0.3 is 18.9 Å². The van der Waals surface area contributed by atoms with Gasteiger partial charge in [-0.3, -0.25) is 0 Å². The minimum atomic E-state index is 0.494. The highest BCUT2D eigenvalue weighted by atomic mass is 32.1. The molecule has 0 aromatic carbocycles. The van der Waals surface area contributed by atoms with Crippen molar-refractivity contribution in [1.82, 2.24) is 0 Å². The van der Waals surface area contributed by atoms with E-state index in [0.29, 0.717) is 46.2 Å². The van der Waals surface area contributed by atoms with Crippen molar-refractivity contribution in [2.45, 2.75) is 57.8 Å². The summed E-state index contributed by atoms with van der Waals surface area (Å²) in [7, 11) is 0. The third-order valence-electron chi connectivity index (χ3n) is 3.71. The monoisotopic (exact) mass is 363 g/mol. The first-order chi connectivity index (χ1) is 11.9. The van der Waals surface area contributed by atoms with Gasteiger partial charge in [0.15, 0.2) is 0 Å². The van der Waals surface area contributed by atoms with Crippen molar-refractivity contribution >= 4 is 12.6 Å². The smallest absolute Gasteiger partial charge is 0.0701 e. The van der Waals surface area contributed by atoms with Crippen LogP contribution in [0.3, 0.4) is 0 Å². The molecule has 0 unspecified atom stereocenters. The van der Waals surface area contributed by atoms with Crippen molar-refractivity contribution in [3.63, 3.8) is 0 Å². The molecule has 0 aromatic rings. The zero-order chi connectivity index (χ0) is 17.6. The molecule has 0 atom stereocenters. The second-order valence-electron chi connectivity index (χ2n) is 5.86. The molecule has 0 aliphatic heterocycles. The van der Waals surface area contributed by atoms with Crippen LogP contribution in [-0.2, 0) is 18.9 Å². The zero-order valence-corrected chi connectivity index (χ0v) is 16.4. The van der Waals surface area contributed by atoms with Crippen molar-refractivity contribution in [2.75, 3.05) is 58.6 Å². The summed E-state index contributed by atoms with van der Waals surface area (Å²) < 4.78 is 21.4. The molecule has 0 saturated heterocycles. The summed E-state index contributed by atoms with van der Waals surface area (Å²) in [5.41, 5.74) is 0. The molecule has 0 saturated carbocycles. The highest BCUT2D eigenvalue weighted by Crippen LogP contribution is 2.09. The van der Waals surface area contributed by atoms with E-state index in [2.05, 4.69) is 19.6 Å². The zero-order valence-electron chi connectivity index (χ0n) is 15.5. The predicted molar refractivity (Wildman–Crippen MR) is 104 cm³/mol. The fourth-order valence-corrected chi connectivity index (χ4v) is 2.54. The third-order valence-corrected chi connectivity index (χ3v) is 4.02. The van der Waals surface area contributed by atoms with Crippen LogP contribution in [0.2, 0.25) is 0 Å². The normalized spacial score (nSPS) is 11.2. The number of unbranched alkanes of at least 4 members (excludes halogenated alkanes) is 8. The van der Waals surface area contributed by atoms with Gasteiger partial charge in [-0.1, -0.05) is 44.9 Å². The molecule has 1 radical (unpaired) electrons. The first-order valence-electron chi connectivity index (χ1n) is 9.63. The number of hydrogen-bond acceptors (Lipinski definition) is 5. The largest absolute Gasteiger partial charge is 0.379 e. The Labute approximate surface area is 155 Å². The molecule has 0 bridgehead atoms. The molecular weight excluding hydrogens is 324 g/mol. The lowest BCUT2D eigenvalue weighted by molar-refractivity contribution is 0.000385. The Morgan fingerprint density at radius 1 is 0.458 bits per heavy atom. The first kappa shape index (κ1) is 24.2. The molecule has 0 rings (SSSR count). The summed E-state index contributed by atoms with van der Waals surface area (Å²) in [6.07, 6.45) is 11.9. The summed E-state index contributed by atoms with van der Waals surface area (Å²) in [4.78, 5) is 0. The van der Waals surface area contributed by atoms with Crippen LogP contribution in [-0.4, -0.2) is 58.6 Å². The fraction of sp³-hybridized carbons (Fsp3) is 0.947. The molecule has 0 fully saturated rings. The fourth-order valence-electron chi connectivity index (χ4n) is 2.32. The van der Waals surface area contributed by atoms with Crippen molar-refractivity contribution in [2.24, 2.45) is 0 Å². The molecule has 0 aliphatic rings. The molecule has 0 heterocycles. The Kier molecular flexibility index (Phi) is 23.4. The molecule has 4 nitrogen and oxygen atoms in total. The minimum absolute atomic E-state index is 0.494. The lowest BCUT2D eigenvalue weighted by atomic mass is 10.1. The second kappa shape index (κ2) is 23.2. The number of rotatable bonds is 21. The van der Waals surface area contributed by atoms with Gasteiger partial charge in [-0.15, -0.1) is 0 Å². The van der Waals surface area contributed by atoms with Crippen LogP contribution in [0.5, 0.6) is 0 Å². The number of ether oxygens (including phenoxy) is 4. The summed E-state index contributed by atoms with van der Waals surface area (Å²) in [6, 6.07) is 0. The maximum absolute atomic E-state index is 5.57. The SMILES string of the molecule is [CH2]COCCOCCOCCOCCCCCCCCCCCS. The predicted octanol–water partition coefficient (Wildman–Crippen LogP) is 4.33. The summed E-state index contributed by atoms with van der Waals surface area (Å²) >= 11 is 4.23. The Morgan fingerprint density at radius 2 is 0.833 bits per heavy atom. The lowest BCUT2D eigenvalue weighted by Crippen LogP contribution is -2.12. The quantitative estimate of drug-likeness (QED) is 0.243. The Hall–Kier alpha value is 0.190. The Balaban J connectivity index is 2.93. The summed E-state index contributed by atoms with van der Waals surface area (Å²) in [6.45, 7) is 8.67. The van der Waals surface area contributed by atoms with Crippen LogP contribution in [0.4, 0.5) is 0 Å². The molecule has 0 aliphatic carbocycles. The minimum Gasteiger partial charge on any atom is -0.379 e. The third kappa shape index (κ3) is 22.2. The van der Waals surface area contributed by atoms with E-state index >= 15 is 0 Å². The molecule has 0 spiro atoms. The van der Waals surface area contributed by atoms with E-state index in [1.165, 1.54) is 51.4 Å². The van der Waals surface area contributed by atoms with Gasteiger partial charge in [0.2, 0.25) is 0 Å². The molecule has 5 heteroatoms. The van der Waals surface area contributed by atoms with Crippen LogP contribution in [0, 0.1) is 6.92 Å². The van der Waals surface area contributed by atoms with Gasteiger partial charge in [0.25, 0.3) is 0 Å².